The normalized spacial score (nSPS) is 11.2. The molecule has 0 aromatic rings. The number of aliphatic carboxylic acids is 2. The Kier molecular flexibility index (Phi) is 14.2. The van der Waals surface area contributed by atoms with E-state index in [0.29, 0.717) is 6.42 Å². The average Bonchev–Trinajstić information content (AvgIpc) is 2.35. The molecule has 5 heteroatoms. The zero-order valence-corrected chi connectivity index (χ0v) is 13.2. The molecular formula is C16H32CaO4. The number of carboxylic acid groups (broad SMARTS) is 2. The second kappa shape index (κ2) is 12.7. The van der Waals surface area contributed by atoms with Crippen molar-refractivity contribution in [3.8, 4) is 0 Å². The molecule has 2 N–H and O–H groups in total. The standard InChI is InChI=1S/C16H30O4.Ca.2H/c1-4-5-6-7-8-9-10-11-12-16(13(2)3,14(17)18)15(19)20;;;/h13H,4-12H2,1-3H3,(H,17,18)(H,19,20);;;. The number of hydrogen-bond acceptors (Lipinski definition) is 2. The van der Waals surface area contributed by atoms with Crippen molar-refractivity contribution in [3.05, 3.63) is 0 Å². The molecule has 0 saturated carbocycles. The van der Waals surface area contributed by atoms with Gasteiger partial charge in [0.2, 0.25) is 0 Å². The first-order chi connectivity index (χ1) is 9.39. The first-order valence-electron chi connectivity index (χ1n) is 7.86. The minimum absolute atomic E-state index is 0. The molecule has 0 unspecified atom stereocenters. The number of hydrogen-bond donors (Lipinski definition) is 2. The zero-order chi connectivity index (χ0) is 15.6. The zero-order valence-electron chi connectivity index (χ0n) is 13.2. The first kappa shape index (κ1) is 23.5. The van der Waals surface area contributed by atoms with Crippen molar-refractivity contribution < 1.29 is 19.8 Å². The quantitative estimate of drug-likeness (QED) is 0.327. The summed E-state index contributed by atoms with van der Waals surface area (Å²) in [4.78, 5) is 22.7. The maximum absolute atomic E-state index is 11.4. The van der Waals surface area contributed by atoms with Gasteiger partial charge in [0.1, 0.15) is 0 Å². The number of carboxylic acids is 2. The first-order valence-corrected chi connectivity index (χ1v) is 7.86. The molecule has 0 aliphatic heterocycles. The summed E-state index contributed by atoms with van der Waals surface area (Å²) in [5.41, 5.74) is -1.62. The molecule has 0 bridgehead atoms. The van der Waals surface area contributed by atoms with Gasteiger partial charge in [0.25, 0.3) is 0 Å². The molecule has 0 fully saturated rings. The molecule has 0 heterocycles. The van der Waals surface area contributed by atoms with Gasteiger partial charge in [0.15, 0.2) is 5.41 Å². The van der Waals surface area contributed by atoms with Crippen LogP contribution in [0.5, 0.6) is 0 Å². The van der Waals surface area contributed by atoms with Crippen LogP contribution in [-0.4, -0.2) is 59.9 Å². The fourth-order valence-electron chi connectivity index (χ4n) is 2.63. The van der Waals surface area contributed by atoms with Gasteiger partial charge >= 0.3 is 49.7 Å². The van der Waals surface area contributed by atoms with Gasteiger partial charge in [0.05, 0.1) is 0 Å². The Morgan fingerprint density at radius 2 is 1.24 bits per heavy atom. The SMILES string of the molecule is CCCCCCCCCCC(C(=O)O)(C(=O)O)C(C)C.[CaH2]. The third-order valence-corrected chi connectivity index (χ3v) is 4.17. The van der Waals surface area contributed by atoms with E-state index in [0.717, 1.165) is 19.3 Å². The van der Waals surface area contributed by atoms with Gasteiger partial charge in [-0.25, -0.2) is 0 Å². The van der Waals surface area contributed by atoms with Crippen molar-refractivity contribution in [2.24, 2.45) is 11.3 Å². The van der Waals surface area contributed by atoms with Crippen molar-refractivity contribution in [2.75, 3.05) is 0 Å². The molecule has 0 atom stereocenters. The Bertz CT molecular complexity index is 289. The van der Waals surface area contributed by atoms with Crippen LogP contribution in [0.1, 0.15) is 78.6 Å². The van der Waals surface area contributed by atoms with Crippen molar-refractivity contribution in [1.82, 2.24) is 0 Å². The maximum atomic E-state index is 11.4. The Morgan fingerprint density at radius 3 is 1.57 bits per heavy atom. The summed E-state index contributed by atoms with van der Waals surface area (Å²) in [6.07, 6.45) is 9.03. The summed E-state index contributed by atoms with van der Waals surface area (Å²) in [6.45, 7) is 5.53. The minimum atomic E-state index is -1.62. The third-order valence-electron chi connectivity index (χ3n) is 4.17. The Hall–Kier alpha value is 0.200. The van der Waals surface area contributed by atoms with E-state index >= 15 is 0 Å². The fourth-order valence-corrected chi connectivity index (χ4v) is 2.63. The Balaban J connectivity index is 0. The molecule has 0 rings (SSSR count). The average molecular weight is 329 g/mol. The van der Waals surface area contributed by atoms with Gasteiger partial charge in [-0.05, 0) is 12.3 Å². The second-order valence-electron chi connectivity index (χ2n) is 5.96. The molecule has 0 radical (unpaired) electrons. The van der Waals surface area contributed by atoms with Gasteiger partial charge in [-0.1, -0.05) is 72.1 Å². The van der Waals surface area contributed by atoms with Gasteiger partial charge in [0, 0.05) is 0 Å². The van der Waals surface area contributed by atoms with E-state index in [2.05, 4.69) is 6.92 Å². The summed E-state index contributed by atoms with van der Waals surface area (Å²) in [6, 6.07) is 0. The van der Waals surface area contributed by atoms with Crippen LogP contribution in [0, 0.1) is 11.3 Å². The summed E-state index contributed by atoms with van der Waals surface area (Å²) in [5, 5.41) is 18.6. The molecule has 0 saturated heterocycles. The van der Waals surface area contributed by atoms with Crippen LogP contribution >= 0.6 is 0 Å². The predicted molar refractivity (Wildman–Crippen MR) is 88.3 cm³/mol. The van der Waals surface area contributed by atoms with Crippen LogP contribution in [0.4, 0.5) is 0 Å². The second-order valence-corrected chi connectivity index (χ2v) is 5.96. The molecule has 0 aromatic heterocycles. The third kappa shape index (κ3) is 7.85. The van der Waals surface area contributed by atoms with Gasteiger partial charge in [-0.2, -0.15) is 0 Å². The Morgan fingerprint density at radius 1 is 0.857 bits per heavy atom. The molecule has 0 aliphatic carbocycles. The van der Waals surface area contributed by atoms with Gasteiger partial charge < -0.3 is 10.2 Å². The summed E-state index contributed by atoms with van der Waals surface area (Å²) in [5.74, 6) is -2.81. The molecule has 0 amide bonds. The van der Waals surface area contributed by atoms with Crippen LogP contribution in [0.15, 0.2) is 0 Å². The van der Waals surface area contributed by atoms with Crippen molar-refractivity contribution >= 4 is 49.7 Å². The van der Waals surface area contributed by atoms with E-state index < -0.39 is 23.3 Å². The number of unbranched alkanes of at least 4 members (excludes halogenated alkanes) is 7. The molecule has 21 heavy (non-hydrogen) atoms. The van der Waals surface area contributed by atoms with E-state index in [4.69, 9.17) is 0 Å². The fraction of sp³-hybridized carbons (Fsp3) is 0.875. The summed E-state index contributed by atoms with van der Waals surface area (Å²) in [7, 11) is 0. The number of rotatable bonds is 12. The molecule has 122 valence electrons. The van der Waals surface area contributed by atoms with Crippen LogP contribution in [0.3, 0.4) is 0 Å². The van der Waals surface area contributed by atoms with E-state index in [1.165, 1.54) is 25.7 Å². The van der Waals surface area contributed by atoms with E-state index in [9.17, 15) is 19.8 Å². The van der Waals surface area contributed by atoms with Crippen LogP contribution in [-0.2, 0) is 9.59 Å². The molecular weight excluding hydrogens is 296 g/mol. The van der Waals surface area contributed by atoms with Crippen molar-refractivity contribution in [1.29, 1.82) is 0 Å². The van der Waals surface area contributed by atoms with Crippen molar-refractivity contribution in [2.45, 2.75) is 78.6 Å². The van der Waals surface area contributed by atoms with Crippen LogP contribution in [0.25, 0.3) is 0 Å². The predicted octanol–water partition coefficient (Wildman–Crippen LogP) is 3.41. The Labute approximate surface area is 158 Å². The van der Waals surface area contributed by atoms with Gasteiger partial charge in [-0.15, -0.1) is 0 Å². The summed E-state index contributed by atoms with van der Waals surface area (Å²) < 4.78 is 0. The molecule has 4 nitrogen and oxygen atoms in total. The van der Waals surface area contributed by atoms with E-state index in [1.807, 2.05) is 0 Å². The van der Waals surface area contributed by atoms with Gasteiger partial charge in [-0.3, -0.25) is 9.59 Å². The number of carbonyl (C=O) groups is 2. The van der Waals surface area contributed by atoms with E-state index in [1.54, 1.807) is 13.8 Å². The monoisotopic (exact) mass is 328 g/mol. The van der Waals surface area contributed by atoms with Crippen LogP contribution < -0.4 is 0 Å². The molecule has 0 aromatic carbocycles. The molecule has 0 spiro atoms. The van der Waals surface area contributed by atoms with Crippen LogP contribution in [0.2, 0.25) is 0 Å². The van der Waals surface area contributed by atoms with E-state index in [-0.39, 0.29) is 44.2 Å². The molecule has 0 aliphatic rings. The van der Waals surface area contributed by atoms with Crippen molar-refractivity contribution in [3.63, 3.8) is 0 Å². The summed E-state index contributed by atoms with van der Waals surface area (Å²) >= 11 is 0. The topological polar surface area (TPSA) is 74.6 Å².